The van der Waals surface area contributed by atoms with Crippen molar-refractivity contribution in [2.45, 2.75) is 26.8 Å². The van der Waals surface area contributed by atoms with Crippen LogP contribution in [-0.2, 0) is 6.54 Å². The Hall–Kier alpha value is -1.87. The summed E-state index contributed by atoms with van der Waals surface area (Å²) in [6.45, 7) is 6.07. The average Bonchev–Trinajstić information content (AvgIpc) is 2.43. The Balaban J connectivity index is 2.03. The molecule has 1 aromatic carbocycles. The van der Waals surface area contributed by atoms with E-state index in [0.717, 1.165) is 30.8 Å². The molecule has 0 saturated heterocycles. The van der Waals surface area contributed by atoms with Crippen LogP contribution in [0.3, 0.4) is 0 Å². The van der Waals surface area contributed by atoms with Crippen LogP contribution >= 0.6 is 0 Å². The van der Waals surface area contributed by atoms with Crippen molar-refractivity contribution >= 4 is 0 Å². The molecule has 0 aliphatic heterocycles. The van der Waals surface area contributed by atoms with E-state index in [1.165, 1.54) is 5.56 Å². The van der Waals surface area contributed by atoms with Gasteiger partial charge in [-0.3, -0.25) is 0 Å². The fraction of sp³-hybridized carbons (Fsp3) is 0.312. The molecule has 1 aromatic heterocycles. The lowest BCUT2D eigenvalue weighted by Crippen LogP contribution is -2.14. The average molecular weight is 256 g/mol. The van der Waals surface area contributed by atoms with E-state index in [1.807, 2.05) is 43.5 Å². The van der Waals surface area contributed by atoms with Gasteiger partial charge in [-0.05, 0) is 43.7 Å². The van der Waals surface area contributed by atoms with Gasteiger partial charge >= 0.3 is 0 Å². The van der Waals surface area contributed by atoms with Gasteiger partial charge in [0.15, 0.2) is 0 Å². The van der Waals surface area contributed by atoms with E-state index in [4.69, 9.17) is 4.74 Å². The highest BCUT2D eigenvalue weighted by atomic mass is 16.5. The topological polar surface area (TPSA) is 34.2 Å². The number of nitrogens with one attached hydrogen (secondary N) is 1. The van der Waals surface area contributed by atoms with Gasteiger partial charge in [0.25, 0.3) is 0 Å². The van der Waals surface area contributed by atoms with Gasteiger partial charge in [0.1, 0.15) is 5.75 Å². The van der Waals surface area contributed by atoms with Crippen molar-refractivity contribution in [1.82, 2.24) is 10.3 Å². The SMILES string of the molecule is CCCNCc1cnc(Oc2ccccc2)c(C)c1. The third-order valence-electron chi connectivity index (χ3n) is 2.80. The Kier molecular flexibility index (Phi) is 4.93. The normalized spacial score (nSPS) is 10.4. The Morgan fingerprint density at radius 2 is 2.00 bits per heavy atom. The van der Waals surface area contributed by atoms with Crippen LogP contribution in [0.25, 0.3) is 0 Å². The van der Waals surface area contributed by atoms with Crippen LogP contribution in [0.15, 0.2) is 42.6 Å². The predicted octanol–water partition coefficient (Wildman–Crippen LogP) is 3.68. The second-order valence-electron chi connectivity index (χ2n) is 4.56. The summed E-state index contributed by atoms with van der Waals surface area (Å²) in [6.07, 6.45) is 3.01. The first kappa shape index (κ1) is 13.6. The van der Waals surface area contributed by atoms with E-state index in [0.29, 0.717) is 5.88 Å². The van der Waals surface area contributed by atoms with Crippen molar-refractivity contribution in [3.8, 4) is 11.6 Å². The maximum atomic E-state index is 5.76. The molecule has 0 spiro atoms. The summed E-state index contributed by atoms with van der Waals surface area (Å²) in [7, 11) is 0. The number of ether oxygens (including phenoxy) is 1. The van der Waals surface area contributed by atoms with Gasteiger partial charge in [-0.2, -0.15) is 0 Å². The molecular formula is C16H20N2O. The van der Waals surface area contributed by atoms with Crippen LogP contribution in [0.4, 0.5) is 0 Å². The fourth-order valence-corrected chi connectivity index (χ4v) is 1.83. The van der Waals surface area contributed by atoms with Gasteiger partial charge in [-0.15, -0.1) is 0 Å². The lowest BCUT2D eigenvalue weighted by molar-refractivity contribution is 0.458. The molecule has 1 N–H and O–H groups in total. The molecule has 0 amide bonds. The molecule has 1 heterocycles. The standard InChI is InChI=1S/C16H20N2O/c1-3-9-17-11-14-10-13(2)16(18-12-14)19-15-7-5-4-6-8-15/h4-8,10,12,17H,3,9,11H2,1-2H3. The molecule has 0 aliphatic carbocycles. The maximum Gasteiger partial charge on any atom is 0.222 e. The third-order valence-corrected chi connectivity index (χ3v) is 2.80. The second kappa shape index (κ2) is 6.90. The Labute approximate surface area is 114 Å². The minimum Gasteiger partial charge on any atom is -0.439 e. The van der Waals surface area contributed by atoms with Gasteiger partial charge in [0.05, 0.1) is 0 Å². The molecule has 0 saturated carbocycles. The summed E-state index contributed by atoms with van der Waals surface area (Å²) in [4.78, 5) is 4.39. The highest BCUT2D eigenvalue weighted by Crippen LogP contribution is 2.22. The van der Waals surface area contributed by atoms with Crippen molar-refractivity contribution in [1.29, 1.82) is 0 Å². The molecular weight excluding hydrogens is 236 g/mol. The van der Waals surface area contributed by atoms with E-state index in [2.05, 4.69) is 23.3 Å². The largest absolute Gasteiger partial charge is 0.439 e. The molecule has 3 heteroatoms. The van der Waals surface area contributed by atoms with Gasteiger partial charge in [-0.1, -0.05) is 25.1 Å². The van der Waals surface area contributed by atoms with Crippen LogP contribution < -0.4 is 10.1 Å². The zero-order valence-corrected chi connectivity index (χ0v) is 11.5. The molecule has 0 radical (unpaired) electrons. The monoisotopic (exact) mass is 256 g/mol. The highest BCUT2D eigenvalue weighted by molar-refractivity contribution is 5.33. The summed E-state index contributed by atoms with van der Waals surface area (Å²) in [5.41, 5.74) is 2.24. The number of benzene rings is 1. The van der Waals surface area contributed by atoms with Crippen LogP contribution in [-0.4, -0.2) is 11.5 Å². The first-order valence-electron chi connectivity index (χ1n) is 6.68. The summed E-state index contributed by atoms with van der Waals surface area (Å²) >= 11 is 0. The smallest absolute Gasteiger partial charge is 0.222 e. The van der Waals surface area contributed by atoms with Crippen molar-refractivity contribution in [2.24, 2.45) is 0 Å². The number of aromatic nitrogens is 1. The summed E-state index contributed by atoms with van der Waals surface area (Å²) in [6, 6.07) is 11.8. The van der Waals surface area contributed by atoms with Gasteiger partial charge < -0.3 is 10.1 Å². The summed E-state index contributed by atoms with van der Waals surface area (Å²) < 4.78 is 5.76. The predicted molar refractivity (Wildman–Crippen MR) is 77.5 cm³/mol. The summed E-state index contributed by atoms with van der Waals surface area (Å²) in [5, 5.41) is 3.37. The van der Waals surface area contributed by atoms with Crippen molar-refractivity contribution in [2.75, 3.05) is 6.54 Å². The molecule has 0 unspecified atom stereocenters. The highest BCUT2D eigenvalue weighted by Gasteiger charge is 2.04. The molecule has 100 valence electrons. The lowest BCUT2D eigenvalue weighted by atomic mass is 10.2. The van der Waals surface area contributed by atoms with Gasteiger partial charge in [0.2, 0.25) is 5.88 Å². The maximum absolute atomic E-state index is 5.76. The molecule has 3 nitrogen and oxygen atoms in total. The minimum atomic E-state index is 0.672. The molecule has 2 rings (SSSR count). The van der Waals surface area contributed by atoms with E-state index < -0.39 is 0 Å². The molecule has 0 aliphatic rings. The minimum absolute atomic E-state index is 0.672. The number of pyridine rings is 1. The first-order valence-corrected chi connectivity index (χ1v) is 6.68. The second-order valence-corrected chi connectivity index (χ2v) is 4.56. The number of aryl methyl sites for hydroxylation is 1. The Bertz CT molecular complexity index is 511. The van der Waals surface area contributed by atoms with Crippen molar-refractivity contribution in [3.05, 3.63) is 53.7 Å². The van der Waals surface area contributed by atoms with Gasteiger partial charge in [-0.25, -0.2) is 4.98 Å². The van der Waals surface area contributed by atoms with Crippen molar-refractivity contribution in [3.63, 3.8) is 0 Å². The van der Waals surface area contributed by atoms with E-state index in [-0.39, 0.29) is 0 Å². The molecule has 19 heavy (non-hydrogen) atoms. The Morgan fingerprint density at radius 3 is 2.68 bits per heavy atom. The number of hydrogen-bond acceptors (Lipinski definition) is 3. The first-order chi connectivity index (χ1) is 9.29. The summed E-state index contributed by atoms with van der Waals surface area (Å²) in [5.74, 6) is 1.49. The zero-order valence-electron chi connectivity index (χ0n) is 11.5. The zero-order chi connectivity index (χ0) is 13.5. The number of hydrogen-bond donors (Lipinski definition) is 1. The number of rotatable bonds is 6. The lowest BCUT2D eigenvalue weighted by Gasteiger charge is -2.09. The molecule has 0 fully saturated rings. The van der Waals surface area contributed by atoms with Gasteiger partial charge in [0, 0.05) is 18.3 Å². The fourth-order valence-electron chi connectivity index (χ4n) is 1.83. The van der Waals surface area contributed by atoms with E-state index in [9.17, 15) is 0 Å². The quantitative estimate of drug-likeness (QED) is 0.800. The van der Waals surface area contributed by atoms with Crippen LogP contribution in [0.1, 0.15) is 24.5 Å². The van der Waals surface area contributed by atoms with Crippen LogP contribution in [0, 0.1) is 6.92 Å². The van der Waals surface area contributed by atoms with Crippen molar-refractivity contribution < 1.29 is 4.74 Å². The van der Waals surface area contributed by atoms with E-state index >= 15 is 0 Å². The molecule has 0 atom stereocenters. The third kappa shape index (κ3) is 4.07. The molecule has 0 bridgehead atoms. The molecule has 2 aromatic rings. The van der Waals surface area contributed by atoms with E-state index in [1.54, 1.807) is 0 Å². The number of nitrogens with zero attached hydrogens (tertiary/aromatic N) is 1. The van der Waals surface area contributed by atoms with Crippen LogP contribution in [0.5, 0.6) is 11.6 Å². The Morgan fingerprint density at radius 1 is 1.21 bits per heavy atom. The van der Waals surface area contributed by atoms with Crippen LogP contribution in [0.2, 0.25) is 0 Å². The number of para-hydroxylation sites is 1.